The van der Waals surface area contributed by atoms with Gasteiger partial charge in [0, 0.05) is 36.0 Å². The van der Waals surface area contributed by atoms with Gasteiger partial charge in [-0.25, -0.2) is 0 Å². The second-order valence-electron chi connectivity index (χ2n) is 7.99. The fourth-order valence-corrected chi connectivity index (χ4v) is 3.29. The molecule has 4 N–H and O–H groups in total. The summed E-state index contributed by atoms with van der Waals surface area (Å²) in [6, 6.07) is 7.46. The average Bonchev–Trinajstić information content (AvgIpc) is 2.72. The van der Waals surface area contributed by atoms with E-state index < -0.39 is 11.7 Å². The summed E-state index contributed by atoms with van der Waals surface area (Å²) >= 11 is 0. The number of ketones is 1. The van der Waals surface area contributed by atoms with E-state index in [1.807, 2.05) is 6.92 Å². The number of aldehydes is 1. The van der Waals surface area contributed by atoms with Gasteiger partial charge in [0.1, 0.15) is 23.5 Å². The number of Topliss-reactive ketones (excluding diaryl/α,β-unsaturated/α-hetero) is 1. The first kappa shape index (κ1) is 26.4. The molecule has 176 valence electrons. The van der Waals surface area contributed by atoms with E-state index in [-0.39, 0.29) is 53.4 Å². The van der Waals surface area contributed by atoms with Crippen molar-refractivity contribution in [2.75, 3.05) is 0 Å². The Labute approximate surface area is 194 Å². The summed E-state index contributed by atoms with van der Waals surface area (Å²) in [5.74, 6) is -2.80. The molecule has 0 aliphatic carbocycles. The quantitative estimate of drug-likeness (QED) is 0.166. The molecule has 0 aliphatic rings. The van der Waals surface area contributed by atoms with Crippen molar-refractivity contribution in [3.05, 3.63) is 52.6 Å². The Hall–Kier alpha value is -2.88. The number of carbonyl (C=O) groups excluding carboxylic acids is 2. The van der Waals surface area contributed by atoms with Gasteiger partial charge >= 0.3 is 5.97 Å². The van der Waals surface area contributed by atoms with Crippen LogP contribution in [0.15, 0.2) is 30.3 Å². The molecule has 33 heavy (non-hydrogen) atoms. The molecule has 1 atom stereocenters. The maximum atomic E-state index is 12.1. The molecule has 8 nitrogen and oxygen atoms in total. The zero-order chi connectivity index (χ0) is 24.8. The maximum absolute atomic E-state index is 12.1. The molecule has 2 radical (unpaired) electrons. The number of hydrogen-bond donors (Lipinski definition) is 4. The highest BCUT2D eigenvalue weighted by atomic mass is 16.8. The minimum atomic E-state index is -2.57. The van der Waals surface area contributed by atoms with Crippen molar-refractivity contribution in [1.82, 2.24) is 0 Å². The number of benzene rings is 2. The number of rotatable bonds is 12. The highest BCUT2D eigenvalue weighted by molar-refractivity contribution is 6.13. The van der Waals surface area contributed by atoms with Crippen LogP contribution in [0.5, 0.6) is 17.2 Å². The third-order valence-corrected chi connectivity index (χ3v) is 5.21. The molecular weight excluding hydrogens is 427 g/mol. The van der Waals surface area contributed by atoms with Gasteiger partial charge < -0.3 is 29.9 Å². The first-order chi connectivity index (χ1) is 15.4. The van der Waals surface area contributed by atoms with E-state index in [9.17, 15) is 30.0 Å². The summed E-state index contributed by atoms with van der Waals surface area (Å²) in [5.41, 5.74) is -0.967. The van der Waals surface area contributed by atoms with Crippen LogP contribution in [-0.2, 0) is 0 Å². The lowest BCUT2D eigenvalue weighted by atomic mass is 9.88. The second kappa shape index (κ2) is 10.8. The highest BCUT2D eigenvalue weighted by Crippen LogP contribution is 2.34. The van der Waals surface area contributed by atoms with Crippen LogP contribution < -0.4 is 9.47 Å². The number of carbonyl (C=O) groups is 2. The molecule has 0 fully saturated rings. The topological polar surface area (TPSA) is 134 Å². The zero-order valence-corrected chi connectivity index (χ0v) is 19.0. The van der Waals surface area contributed by atoms with E-state index in [0.717, 1.165) is 0 Å². The molecule has 0 aromatic heterocycles. The lowest BCUT2D eigenvalue weighted by molar-refractivity contribution is -0.296. The summed E-state index contributed by atoms with van der Waals surface area (Å²) in [6.45, 7) is 5.00. The van der Waals surface area contributed by atoms with Crippen molar-refractivity contribution in [3.63, 3.8) is 0 Å². The second-order valence-corrected chi connectivity index (χ2v) is 7.99. The van der Waals surface area contributed by atoms with E-state index in [2.05, 4.69) is 0 Å². The van der Waals surface area contributed by atoms with E-state index in [0.29, 0.717) is 30.3 Å². The lowest BCUT2D eigenvalue weighted by Crippen LogP contribution is -2.39. The fraction of sp³-hybridized carbons (Fsp3) is 0.417. The van der Waals surface area contributed by atoms with Crippen LogP contribution in [0.4, 0.5) is 0 Å². The molecule has 0 bridgehead atoms. The van der Waals surface area contributed by atoms with E-state index in [1.54, 1.807) is 19.1 Å². The Morgan fingerprint density at radius 1 is 1.03 bits per heavy atom. The SMILES string of the molecule is [B]C(O)(CCCC(O)(O)Oc1cccc(C=O)c1C)Oc1ccc(C(=O)CCC)c(O)c1C. The van der Waals surface area contributed by atoms with Gasteiger partial charge in [-0.1, -0.05) is 19.1 Å². The summed E-state index contributed by atoms with van der Waals surface area (Å²) in [6.07, 6.45) is 1.03. The molecule has 0 aliphatic heterocycles. The minimum absolute atomic E-state index is 0.00941. The number of ether oxygens (including phenoxy) is 2. The highest BCUT2D eigenvalue weighted by Gasteiger charge is 2.30. The van der Waals surface area contributed by atoms with Crippen LogP contribution in [0.25, 0.3) is 0 Å². The normalized spacial score (nSPS) is 13.3. The molecule has 2 aromatic carbocycles. The van der Waals surface area contributed by atoms with Crippen LogP contribution in [0.1, 0.15) is 70.9 Å². The molecule has 1 unspecified atom stereocenters. The summed E-state index contributed by atoms with van der Waals surface area (Å²) in [4.78, 5) is 23.1. The van der Waals surface area contributed by atoms with Gasteiger partial charge in [0.2, 0.25) is 0 Å². The number of hydrogen-bond acceptors (Lipinski definition) is 8. The standard InChI is InChI=1S/C24H29BO8/c1-4-7-19(27)18-10-11-21(16(3)22(18)28)32-23(25,29)12-6-13-24(30,31)33-20-9-5-8-17(14-26)15(20)2/h5,8-11,14,28-31H,4,6-7,12-13H2,1-3H3. The van der Waals surface area contributed by atoms with Crippen LogP contribution >= 0.6 is 0 Å². The largest absolute Gasteiger partial charge is 0.507 e. The number of phenolic OH excluding ortho intramolecular Hbond substituents is 1. The smallest absolute Gasteiger partial charge is 0.321 e. The van der Waals surface area contributed by atoms with E-state index in [4.69, 9.17) is 17.3 Å². The van der Waals surface area contributed by atoms with Crippen LogP contribution in [0.3, 0.4) is 0 Å². The molecule has 0 amide bonds. The Kier molecular flexibility index (Phi) is 8.66. The van der Waals surface area contributed by atoms with Gasteiger partial charge in [0.25, 0.3) is 0 Å². The molecule has 0 heterocycles. The molecule has 9 heteroatoms. The lowest BCUT2D eigenvalue weighted by Gasteiger charge is -2.29. The van der Waals surface area contributed by atoms with Gasteiger partial charge in [0.15, 0.2) is 19.3 Å². The Balaban J connectivity index is 2.00. The van der Waals surface area contributed by atoms with E-state index >= 15 is 0 Å². The minimum Gasteiger partial charge on any atom is -0.507 e. The van der Waals surface area contributed by atoms with E-state index in [1.165, 1.54) is 25.1 Å². The van der Waals surface area contributed by atoms with Crippen molar-refractivity contribution in [2.45, 2.75) is 64.5 Å². The summed E-state index contributed by atoms with van der Waals surface area (Å²) < 4.78 is 10.6. The predicted octanol–water partition coefficient (Wildman–Crippen LogP) is 2.89. The van der Waals surface area contributed by atoms with Gasteiger partial charge in [0.05, 0.1) is 5.56 Å². The Morgan fingerprint density at radius 2 is 1.70 bits per heavy atom. The third kappa shape index (κ3) is 7.05. The van der Waals surface area contributed by atoms with Crippen molar-refractivity contribution >= 4 is 19.9 Å². The zero-order valence-electron chi connectivity index (χ0n) is 19.0. The van der Waals surface area contributed by atoms with Gasteiger partial charge in [-0.2, -0.15) is 0 Å². The van der Waals surface area contributed by atoms with Crippen molar-refractivity contribution < 1.29 is 39.5 Å². The van der Waals surface area contributed by atoms with Gasteiger partial charge in [-0.15, -0.1) is 0 Å². The van der Waals surface area contributed by atoms with Gasteiger partial charge in [-0.3, -0.25) is 9.59 Å². The number of aromatic hydroxyl groups is 1. The maximum Gasteiger partial charge on any atom is 0.321 e. The van der Waals surface area contributed by atoms with Crippen molar-refractivity contribution in [2.24, 2.45) is 0 Å². The molecule has 0 saturated carbocycles. The van der Waals surface area contributed by atoms with Crippen LogP contribution in [0, 0.1) is 13.8 Å². The summed E-state index contributed by atoms with van der Waals surface area (Å²) in [5, 5.41) is 41.1. The Bertz CT molecular complexity index is 1000. The molecule has 2 rings (SSSR count). The molecular formula is C24H29BO8. The average molecular weight is 456 g/mol. The molecule has 0 spiro atoms. The molecule has 2 aromatic rings. The monoisotopic (exact) mass is 456 g/mol. The van der Waals surface area contributed by atoms with Crippen LogP contribution in [-0.4, -0.2) is 52.0 Å². The number of phenols is 1. The first-order valence-electron chi connectivity index (χ1n) is 10.7. The Morgan fingerprint density at radius 3 is 2.33 bits per heavy atom. The predicted molar refractivity (Wildman–Crippen MR) is 122 cm³/mol. The van der Waals surface area contributed by atoms with Crippen LogP contribution in [0.2, 0.25) is 0 Å². The summed E-state index contributed by atoms with van der Waals surface area (Å²) in [7, 11) is 5.80. The van der Waals surface area contributed by atoms with Crippen molar-refractivity contribution in [1.29, 1.82) is 0 Å². The fourth-order valence-electron chi connectivity index (χ4n) is 3.29. The number of aliphatic hydroxyl groups is 3. The first-order valence-corrected chi connectivity index (χ1v) is 10.7. The third-order valence-electron chi connectivity index (χ3n) is 5.21. The van der Waals surface area contributed by atoms with Crippen molar-refractivity contribution in [3.8, 4) is 17.2 Å². The molecule has 0 saturated heterocycles. The van der Waals surface area contributed by atoms with Gasteiger partial charge in [-0.05, 0) is 44.9 Å².